The van der Waals surface area contributed by atoms with E-state index in [-0.39, 0.29) is 31.1 Å². The van der Waals surface area contributed by atoms with Gasteiger partial charge in [0.05, 0.1) is 37.1 Å². The Bertz CT molecular complexity index is 1090. The van der Waals surface area contributed by atoms with Gasteiger partial charge in [-0.15, -0.1) is 5.10 Å². The molecule has 2 aliphatic carbocycles. The fourth-order valence-electron chi connectivity index (χ4n) is 4.59. The molecule has 36 heavy (non-hydrogen) atoms. The van der Waals surface area contributed by atoms with Crippen LogP contribution >= 0.6 is 0 Å². The van der Waals surface area contributed by atoms with E-state index in [0.717, 1.165) is 43.5 Å². The van der Waals surface area contributed by atoms with Crippen LogP contribution in [0.4, 0.5) is 9.18 Å². The van der Waals surface area contributed by atoms with Gasteiger partial charge in [0.1, 0.15) is 29.9 Å². The van der Waals surface area contributed by atoms with Crippen LogP contribution in [0.3, 0.4) is 0 Å². The number of hydrogen-bond acceptors (Lipinski definition) is 8. The average Bonchev–Trinajstić information content (AvgIpc) is 3.64. The second-order valence-electron chi connectivity index (χ2n) is 9.70. The van der Waals surface area contributed by atoms with Gasteiger partial charge in [0, 0.05) is 20.0 Å². The van der Waals surface area contributed by atoms with Crippen molar-refractivity contribution >= 4 is 12.1 Å². The molecule has 1 unspecified atom stereocenters. The minimum atomic E-state index is -1.15. The van der Waals surface area contributed by atoms with E-state index in [1.165, 1.54) is 30.7 Å². The maximum Gasteiger partial charge on any atom is 0.409 e. The number of aryl methyl sites for hydroxylation is 1. The summed E-state index contributed by atoms with van der Waals surface area (Å²) in [5, 5.41) is 8.35. The average molecular weight is 504 g/mol. The number of ether oxygens (including phenoxy) is 3. The molecule has 0 radical (unpaired) electrons. The lowest BCUT2D eigenvalue weighted by Gasteiger charge is -2.28. The van der Waals surface area contributed by atoms with Gasteiger partial charge in [-0.3, -0.25) is 4.79 Å². The summed E-state index contributed by atoms with van der Waals surface area (Å²) < 4.78 is 31.4. The van der Waals surface area contributed by atoms with Crippen LogP contribution < -0.4 is 4.74 Å². The van der Waals surface area contributed by atoms with Crippen LogP contribution in [0.15, 0.2) is 12.1 Å². The van der Waals surface area contributed by atoms with Crippen molar-refractivity contribution < 1.29 is 28.2 Å². The molecule has 0 N–H and O–H groups in total. The fraction of sp³-hybridized carbons (Fsp3) is 0.640. The molecule has 4 rings (SSSR count). The van der Waals surface area contributed by atoms with Crippen molar-refractivity contribution in [2.75, 3.05) is 20.7 Å². The summed E-state index contributed by atoms with van der Waals surface area (Å²) in [4.78, 5) is 30.3. The predicted octanol–water partition coefficient (Wildman–Crippen LogP) is 3.79. The third kappa shape index (κ3) is 6.11. The molecule has 1 amide bonds. The third-order valence-corrected chi connectivity index (χ3v) is 6.66. The smallest absolute Gasteiger partial charge is 0.409 e. The normalized spacial score (nSPS) is 20.5. The summed E-state index contributed by atoms with van der Waals surface area (Å²) >= 11 is 0. The van der Waals surface area contributed by atoms with Gasteiger partial charge in [-0.25, -0.2) is 18.9 Å². The lowest BCUT2D eigenvalue weighted by Crippen LogP contribution is -2.32. The minimum absolute atomic E-state index is 0.0511. The molecule has 196 valence electrons. The highest BCUT2D eigenvalue weighted by Gasteiger charge is 2.33. The van der Waals surface area contributed by atoms with Crippen molar-refractivity contribution in [1.82, 2.24) is 24.9 Å². The first-order valence-corrected chi connectivity index (χ1v) is 12.4. The maximum absolute atomic E-state index is 13.2. The van der Waals surface area contributed by atoms with Crippen LogP contribution in [0, 0.1) is 5.92 Å². The number of alkyl halides is 1. The van der Waals surface area contributed by atoms with Crippen molar-refractivity contribution in [2.24, 2.45) is 13.0 Å². The molecule has 2 aromatic rings. The number of esters is 1. The predicted molar refractivity (Wildman–Crippen MR) is 128 cm³/mol. The molecule has 0 spiro atoms. The lowest BCUT2D eigenvalue weighted by molar-refractivity contribution is -0.147. The largest absolute Gasteiger partial charge is 0.488 e. The lowest BCUT2D eigenvalue weighted by atomic mass is 9.87. The van der Waals surface area contributed by atoms with Crippen molar-refractivity contribution in [3.05, 3.63) is 23.5 Å². The number of aromatic nitrogens is 4. The topological polar surface area (TPSA) is 109 Å². The van der Waals surface area contributed by atoms with Crippen LogP contribution in [0.1, 0.15) is 62.8 Å². The number of rotatable bonds is 9. The summed E-state index contributed by atoms with van der Waals surface area (Å²) in [5.41, 5.74) is 2.59. The monoisotopic (exact) mass is 503 g/mol. The molecule has 0 aromatic carbocycles. The van der Waals surface area contributed by atoms with Gasteiger partial charge < -0.3 is 19.1 Å². The first-order chi connectivity index (χ1) is 17.3. The standard InChI is InChI=1S/C25H34FN5O5/c1-15(26)13-30(2)25(33)35-14-20-23(28-29-31(20)3)19-10-11-21(22(27-19)16-8-9-16)36-18-7-5-6-17(12-18)24(32)34-4/h10-11,15-18H,5-9,12-14H2,1-4H3/t15?,17-,18-/m0/s1. The number of carbonyl (C=O) groups is 2. The zero-order chi connectivity index (χ0) is 25.8. The molecule has 2 saturated carbocycles. The molecule has 2 aromatic heterocycles. The Hall–Kier alpha value is -3.24. The van der Waals surface area contributed by atoms with E-state index < -0.39 is 12.3 Å². The first-order valence-electron chi connectivity index (χ1n) is 12.4. The van der Waals surface area contributed by atoms with Crippen LogP contribution in [0.5, 0.6) is 5.75 Å². The molecule has 0 bridgehead atoms. The van der Waals surface area contributed by atoms with E-state index in [0.29, 0.717) is 29.4 Å². The fourth-order valence-corrected chi connectivity index (χ4v) is 4.59. The van der Waals surface area contributed by atoms with Gasteiger partial charge >= 0.3 is 12.1 Å². The van der Waals surface area contributed by atoms with E-state index >= 15 is 0 Å². The molecule has 10 nitrogen and oxygen atoms in total. The molecule has 11 heteroatoms. The Balaban J connectivity index is 1.50. The Morgan fingerprint density at radius 3 is 2.72 bits per heavy atom. The van der Waals surface area contributed by atoms with Gasteiger partial charge in [0.2, 0.25) is 0 Å². The molecule has 2 aliphatic rings. The molecule has 0 aliphatic heterocycles. The minimum Gasteiger partial charge on any atom is -0.488 e. The molecule has 3 atom stereocenters. The highest BCUT2D eigenvalue weighted by Crippen LogP contribution is 2.45. The summed E-state index contributed by atoms with van der Waals surface area (Å²) in [6.45, 7) is 1.26. The molecule has 0 saturated heterocycles. The van der Waals surface area contributed by atoms with Gasteiger partial charge in [0.15, 0.2) is 0 Å². The first kappa shape index (κ1) is 25.8. The Morgan fingerprint density at radius 2 is 2.03 bits per heavy atom. The van der Waals surface area contributed by atoms with E-state index in [9.17, 15) is 14.0 Å². The highest BCUT2D eigenvalue weighted by molar-refractivity contribution is 5.72. The second-order valence-corrected chi connectivity index (χ2v) is 9.70. The van der Waals surface area contributed by atoms with Crippen molar-refractivity contribution in [3.63, 3.8) is 0 Å². The number of carbonyl (C=O) groups excluding carboxylic acids is 2. The van der Waals surface area contributed by atoms with E-state index in [1.807, 2.05) is 12.1 Å². The summed E-state index contributed by atoms with van der Waals surface area (Å²) in [6.07, 6.45) is 3.48. The van der Waals surface area contributed by atoms with Crippen LogP contribution in [0.2, 0.25) is 0 Å². The van der Waals surface area contributed by atoms with Gasteiger partial charge in [0.25, 0.3) is 0 Å². The van der Waals surface area contributed by atoms with Crippen LogP contribution in [-0.2, 0) is 27.9 Å². The van der Waals surface area contributed by atoms with E-state index in [2.05, 4.69) is 10.3 Å². The van der Waals surface area contributed by atoms with Crippen LogP contribution in [-0.4, -0.2) is 69.9 Å². The van der Waals surface area contributed by atoms with E-state index in [4.69, 9.17) is 19.2 Å². The van der Waals surface area contributed by atoms with Crippen LogP contribution in [0.25, 0.3) is 11.4 Å². The zero-order valence-electron chi connectivity index (χ0n) is 21.3. The Morgan fingerprint density at radius 1 is 1.25 bits per heavy atom. The second kappa shape index (κ2) is 11.2. The molecule has 2 heterocycles. The number of nitrogens with zero attached hydrogens (tertiary/aromatic N) is 5. The van der Waals surface area contributed by atoms with Gasteiger partial charge in [-0.05, 0) is 57.6 Å². The van der Waals surface area contributed by atoms with E-state index in [1.54, 1.807) is 7.05 Å². The molecule has 2 fully saturated rings. The summed E-state index contributed by atoms with van der Waals surface area (Å²) in [7, 11) is 4.63. The number of amides is 1. The highest BCUT2D eigenvalue weighted by atomic mass is 19.1. The number of hydrogen-bond donors (Lipinski definition) is 0. The quantitative estimate of drug-likeness (QED) is 0.476. The Kier molecular flexibility index (Phi) is 8.05. The zero-order valence-corrected chi connectivity index (χ0v) is 21.3. The summed E-state index contributed by atoms with van der Waals surface area (Å²) in [5.74, 6) is 0.729. The maximum atomic E-state index is 13.2. The van der Waals surface area contributed by atoms with Gasteiger partial charge in [-0.1, -0.05) is 5.21 Å². The number of halogens is 1. The third-order valence-electron chi connectivity index (χ3n) is 6.66. The SMILES string of the molecule is COC(=O)[C@H]1CCC[C@H](Oc2ccc(-c3nnn(C)c3COC(=O)N(C)CC(C)F)nc2C2CC2)C1. The van der Waals surface area contributed by atoms with Gasteiger partial charge in [-0.2, -0.15) is 0 Å². The molecular formula is C25H34FN5O5. The van der Waals surface area contributed by atoms with Crippen molar-refractivity contribution in [2.45, 2.75) is 70.2 Å². The Labute approximate surface area is 210 Å². The molecular weight excluding hydrogens is 469 g/mol. The number of pyridine rings is 1. The van der Waals surface area contributed by atoms with Crippen molar-refractivity contribution in [3.8, 4) is 17.1 Å². The van der Waals surface area contributed by atoms with Crippen molar-refractivity contribution in [1.29, 1.82) is 0 Å². The number of methoxy groups -OCH3 is 1. The summed E-state index contributed by atoms with van der Waals surface area (Å²) in [6, 6.07) is 3.73.